The van der Waals surface area contributed by atoms with E-state index in [0.717, 1.165) is 47.2 Å². The first-order chi connectivity index (χ1) is 21.6. The van der Waals surface area contributed by atoms with Crippen LogP contribution in [-0.2, 0) is 22.6 Å². The molecule has 0 radical (unpaired) electrons. The number of alkyl halides is 6. The summed E-state index contributed by atoms with van der Waals surface area (Å²) >= 11 is 0. The summed E-state index contributed by atoms with van der Waals surface area (Å²) in [5.74, 6) is 0.906. The molecule has 2 aliphatic heterocycles. The third kappa shape index (κ3) is 5.71. The quantitative estimate of drug-likeness (QED) is 0.204. The average Bonchev–Trinajstić information content (AvgIpc) is 3.03. The minimum atomic E-state index is -5.03. The van der Waals surface area contributed by atoms with E-state index >= 15 is 0 Å². The van der Waals surface area contributed by atoms with Crippen molar-refractivity contribution in [2.24, 2.45) is 5.92 Å². The number of benzene rings is 3. The molecule has 2 bridgehead atoms. The molecule has 0 atom stereocenters. The number of anilines is 2. The predicted octanol–water partition coefficient (Wildman–Crippen LogP) is 9.57. The lowest BCUT2D eigenvalue weighted by molar-refractivity contribution is -0.143. The highest BCUT2D eigenvalue weighted by Crippen LogP contribution is 2.44. The molecule has 10 heteroatoms. The Morgan fingerprint density at radius 2 is 1.43 bits per heavy atom. The van der Waals surface area contributed by atoms with E-state index in [1.165, 1.54) is 38.6 Å². The maximum Gasteiger partial charge on any atom is 0.416 e. The van der Waals surface area contributed by atoms with Gasteiger partial charge in [0, 0.05) is 30.6 Å². The SMILES string of the molecule is Cc1ccccc1-c1c(N(C)C(=O)C(C)(C)c2cc(C(F)(F)F)cc(C(F)(F)F)c2)ccc2nc(N3CC4CCC3CC4)ccc12. The van der Waals surface area contributed by atoms with Crippen molar-refractivity contribution in [3.8, 4) is 11.1 Å². The minimum absolute atomic E-state index is 0.0731. The van der Waals surface area contributed by atoms with Gasteiger partial charge in [-0.25, -0.2) is 4.98 Å². The third-order valence-electron chi connectivity index (χ3n) is 9.77. The number of carbonyl (C=O) groups excluding carboxylic acids is 1. The largest absolute Gasteiger partial charge is 0.416 e. The molecule has 2 saturated heterocycles. The van der Waals surface area contributed by atoms with Gasteiger partial charge in [-0.3, -0.25) is 4.79 Å². The van der Waals surface area contributed by atoms with Gasteiger partial charge >= 0.3 is 12.4 Å². The van der Waals surface area contributed by atoms with E-state index in [0.29, 0.717) is 35.3 Å². The van der Waals surface area contributed by atoms with Crippen molar-refractivity contribution in [3.63, 3.8) is 0 Å². The van der Waals surface area contributed by atoms with Gasteiger partial charge in [-0.05, 0) is 112 Å². The van der Waals surface area contributed by atoms with Crippen molar-refractivity contribution in [2.75, 3.05) is 23.4 Å². The number of carbonyl (C=O) groups is 1. The lowest BCUT2D eigenvalue weighted by Gasteiger charge is -2.46. The van der Waals surface area contributed by atoms with E-state index in [4.69, 9.17) is 4.98 Å². The Bertz CT molecular complexity index is 1770. The Kier molecular flexibility index (Phi) is 7.84. The number of aromatic nitrogens is 1. The summed E-state index contributed by atoms with van der Waals surface area (Å²) in [5.41, 5.74) is -1.38. The zero-order chi connectivity index (χ0) is 33.2. The van der Waals surface area contributed by atoms with Crippen LogP contribution in [0.3, 0.4) is 0 Å². The molecule has 1 amide bonds. The summed E-state index contributed by atoms with van der Waals surface area (Å²) in [6, 6.07) is 17.0. The predicted molar refractivity (Wildman–Crippen MR) is 168 cm³/mol. The summed E-state index contributed by atoms with van der Waals surface area (Å²) in [6.07, 6.45) is -5.28. The Morgan fingerprint density at radius 3 is 2.00 bits per heavy atom. The number of aryl methyl sites for hydroxylation is 1. The van der Waals surface area contributed by atoms with Crippen LogP contribution < -0.4 is 9.80 Å². The van der Waals surface area contributed by atoms with Crippen molar-refractivity contribution in [2.45, 2.75) is 70.3 Å². The zero-order valence-electron chi connectivity index (χ0n) is 26.1. The van der Waals surface area contributed by atoms with Crippen molar-refractivity contribution in [3.05, 3.63) is 89.0 Å². The Labute approximate surface area is 264 Å². The first-order valence-electron chi connectivity index (χ1n) is 15.4. The second kappa shape index (κ2) is 11.3. The van der Waals surface area contributed by atoms with Gasteiger partial charge in [-0.1, -0.05) is 24.3 Å². The summed E-state index contributed by atoms with van der Waals surface area (Å²) in [5, 5.41) is 0.786. The van der Waals surface area contributed by atoms with Gasteiger partial charge in [-0.2, -0.15) is 26.3 Å². The number of hydrogen-bond acceptors (Lipinski definition) is 3. The lowest BCUT2D eigenvalue weighted by Crippen LogP contribution is -2.48. The minimum Gasteiger partial charge on any atom is -0.353 e. The number of rotatable bonds is 5. The number of likely N-dealkylation sites (N-methyl/N-ethyl adjacent to an activating group) is 1. The first-order valence-corrected chi connectivity index (χ1v) is 15.4. The maximum absolute atomic E-state index is 14.2. The molecular weight excluding hydrogens is 604 g/mol. The van der Waals surface area contributed by atoms with Crippen LogP contribution in [0.25, 0.3) is 22.0 Å². The van der Waals surface area contributed by atoms with Gasteiger partial charge in [-0.15, -0.1) is 0 Å². The fourth-order valence-corrected chi connectivity index (χ4v) is 7.07. The van der Waals surface area contributed by atoms with Gasteiger partial charge in [0.2, 0.25) is 5.91 Å². The Morgan fingerprint density at radius 1 is 0.826 bits per heavy atom. The van der Waals surface area contributed by atoms with E-state index in [9.17, 15) is 31.1 Å². The number of nitrogens with zero attached hydrogens (tertiary/aromatic N) is 3. The molecule has 3 fully saturated rings. The van der Waals surface area contributed by atoms with Crippen LogP contribution in [-0.4, -0.2) is 30.5 Å². The molecule has 0 spiro atoms. The highest BCUT2D eigenvalue weighted by molar-refractivity contribution is 6.09. The van der Waals surface area contributed by atoms with Crippen LogP contribution in [0.5, 0.6) is 0 Å². The summed E-state index contributed by atoms with van der Waals surface area (Å²) in [6.45, 7) is 5.60. The van der Waals surface area contributed by atoms with E-state index in [1.54, 1.807) is 6.07 Å². The Balaban J connectivity index is 1.45. The highest BCUT2D eigenvalue weighted by Gasteiger charge is 2.41. The summed E-state index contributed by atoms with van der Waals surface area (Å²) < 4.78 is 82.2. The van der Waals surface area contributed by atoms with Gasteiger partial charge in [0.05, 0.1) is 27.7 Å². The van der Waals surface area contributed by atoms with Crippen LogP contribution >= 0.6 is 0 Å². The number of hydrogen-bond donors (Lipinski definition) is 0. The van der Waals surface area contributed by atoms with Crippen molar-refractivity contribution in [1.29, 1.82) is 0 Å². The standard InChI is InChI=1S/C36H35F6N3O/c1-21-7-5-6-8-27(21)32-28-13-16-31(45-20-22-9-11-26(45)12-10-22)43-29(28)14-15-30(32)44(4)33(46)34(2,3)23-17-24(35(37,38)39)19-25(18-23)36(40,41)42/h5-8,13-19,22,26H,9-12,20H2,1-4H3. The maximum atomic E-state index is 14.2. The molecule has 4 aromatic rings. The Hall–Kier alpha value is -4.08. The molecule has 1 aliphatic carbocycles. The molecule has 0 unspecified atom stereocenters. The number of amides is 1. The lowest BCUT2D eigenvalue weighted by atomic mass is 9.80. The first kappa shape index (κ1) is 31.9. The molecule has 1 aromatic heterocycles. The molecule has 1 saturated carbocycles. The molecule has 3 aromatic carbocycles. The third-order valence-corrected chi connectivity index (χ3v) is 9.77. The van der Waals surface area contributed by atoms with E-state index in [1.807, 2.05) is 49.4 Å². The number of piperidine rings is 2. The van der Waals surface area contributed by atoms with Crippen molar-refractivity contribution < 1.29 is 31.1 Å². The normalized spacial score (nSPS) is 18.7. The van der Waals surface area contributed by atoms with Crippen molar-refractivity contribution in [1.82, 2.24) is 4.98 Å². The van der Waals surface area contributed by atoms with Gasteiger partial charge in [0.25, 0.3) is 0 Å². The molecule has 46 heavy (non-hydrogen) atoms. The fraction of sp³-hybridized carbons (Fsp3) is 0.389. The van der Waals surface area contributed by atoms with E-state index < -0.39 is 34.8 Å². The smallest absolute Gasteiger partial charge is 0.353 e. The topological polar surface area (TPSA) is 36.4 Å². The average molecular weight is 640 g/mol. The van der Waals surface area contributed by atoms with Crippen LogP contribution in [0.4, 0.5) is 37.8 Å². The van der Waals surface area contributed by atoms with Gasteiger partial charge in [0.1, 0.15) is 5.82 Å². The number of fused-ring (bicyclic) bond motifs is 4. The second-order valence-electron chi connectivity index (χ2n) is 13.1. The molecule has 4 nitrogen and oxygen atoms in total. The molecule has 242 valence electrons. The molecule has 0 N–H and O–H groups in total. The highest BCUT2D eigenvalue weighted by atomic mass is 19.4. The zero-order valence-corrected chi connectivity index (χ0v) is 26.1. The van der Waals surface area contributed by atoms with Crippen LogP contribution in [0.1, 0.15) is 61.8 Å². The van der Waals surface area contributed by atoms with Crippen LogP contribution in [0.2, 0.25) is 0 Å². The molecule has 3 heterocycles. The second-order valence-corrected chi connectivity index (χ2v) is 13.1. The number of pyridine rings is 1. The monoisotopic (exact) mass is 639 g/mol. The van der Waals surface area contributed by atoms with Crippen LogP contribution in [0, 0.1) is 12.8 Å². The molecule has 7 rings (SSSR count). The van der Waals surface area contributed by atoms with Gasteiger partial charge < -0.3 is 9.80 Å². The summed E-state index contributed by atoms with van der Waals surface area (Å²) in [4.78, 5) is 22.9. The molecular formula is C36H35F6N3O. The van der Waals surface area contributed by atoms with E-state index in [-0.39, 0.29) is 11.6 Å². The molecule has 3 aliphatic rings. The van der Waals surface area contributed by atoms with Crippen LogP contribution in [0.15, 0.2) is 66.7 Å². The fourth-order valence-electron chi connectivity index (χ4n) is 7.07. The van der Waals surface area contributed by atoms with Gasteiger partial charge in [0.15, 0.2) is 0 Å². The summed E-state index contributed by atoms with van der Waals surface area (Å²) in [7, 11) is 1.50. The van der Waals surface area contributed by atoms with Crippen molar-refractivity contribution >= 4 is 28.3 Å². The number of halogens is 6. The van der Waals surface area contributed by atoms with E-state index in [2.05, 4.69) is 4.90 Å².